The average Bonchev–Trinajstić information content (AvgIpc) is 3.68. The number of H-pyrrole nitrogens is 1. The largest absolute Gasteiger partial charge is 0.368 e. The quantitative estimate of drug-likeness (QED) is 0.218. The lowest BCUT2D eigenvalue weighted by Crippen LogP contribution is -2.58. The number of carbonyl (C=O) groups excluding carboxylic acids is 4. The maximum Gasteiger partial charge on any atom is 0.319 e. The molecule has 6 N–H and O–H groups in total. The van der Waals surface area contributed by atoms with Crippen LogP contribution in [0.5, 0.6) is 0 Å². The summed E-state index contributed by atoms with van der Waals surface area (Å²) < 4.78 is 29.0. The van der Waals surface area contributed by atoms with E-state index >= 15 is 0 Å². The summed E-state index contributed by atoms with van der Waals surface area (Å²) in [4.78, 5) is 56.9. The Balaban J connectivity index is 1.38. The summed E-state index contributed by atoms with van der Waals surface area (Å²) in [6, 6.07) is 9.33. The van der Waals surface area contributed by atoms with E-state index in [1.54, 1.807) is 36.1 Å². The van der Waals surface area contributed by atoms with Gasteiger partial charge in [-0.15, -0.1) is 0 Å². The van der Waals surface area contributed by atoms with Gasteiger partial charge in [-0.2, -0.15) is 0 Å². The van der Waals surface area contributed by atoms with Crippen molar-refractivity contribution in [3.63, 3.8) is 0 Å². The number of urea groups is 1. The van der Waals surface area contributed by atoms with E-state index in [1.165, 1.54) is 4.90 Å². The predicted octanol–water partition coefficient (Wildman–Crippen LogP) is 2.40. The fraction of sp³-hybridized carbons (Fsp3) is 0.241. The minimum atomic E-state index is -1.22. The third-order valence-corrected chi connectivity index (χ3v) is 7.34. The topological polar surface area (TPSA) is 154 Å². The van der Waals surface area contributed by atoms with E-state index < -0.39 is 53.5 Å². The number of carbonyl (C=O) groups is 4. The van der Waals surface area contributed by atoms with Crippen LogP contribution >= 0.6 is 0 Å². The number of nitrogens with zero attached hydrogens (tertiary/aromatic N) is 2. The highest BCUT2D eigenvalue weighted by Gasteiger charge is 2.44. The number of aromatic amines is 1. The summed E-state index contributed by atoms with van der Waals surface area (Å²) in [7, 11) is 1.68. The van der Waals surface area contributed by atoms with Crippen LogP contribution in [0.25, 0.3) is 10.9 Å². The van der Waals surface area contributed by atoms with E-state index in [2.05, 4.69) is 20.9 Å². The number of nitrogens with two attached hydrogens (primary N) is 1. The predicted molar refractivity (Wildman–Crippen MR) is 150 cm³/mol. The molecular formula is C29H29F2N7O4. The summed E-state index contributed by atoms with van der Waals surface area (Å²) in [5.74, 6) is -3.72. The van der Waals surface area contributed by atoms with Crippen molar-refractivity contribution >= 4 is 40.3 Å². The van der Waals surface area contributed by atoms with Crippen molar-refractivity contribution in [2.75, 3.05) is 11.9 Å². The lowest BCUT2D eigenvalue weighted by molar-refractivity contribution is -0.130. The number of aryl methyl sites for hydroxylation is 1. The van der Waals surface area contributed by atoms with Gasteiger partial charge in [-0.1, -0.05) is 18.2 Å². The van der Waals surface area contributed by atoms with Crippen LogP contribution in [0.2, 0.25) is 0 Å². The Morgan fingerprint density at radius 1 is 1.10 bits per heavy atom. The number of hydrogen-bond donors (Lipinski definition) is 5. The summed E-state index contributed by atoms with van der Waals surface area (Å²) in [6.45, 7) is 0.113. The number of benzene rings is 2. The van der Waals surface area contributed by atoms with Gasteiger partial charge in [0.25, 0.3) is 5.91 Å². The zero-order chi connectivity index (χ0) is 30.0. The second-order valence-electron chi connectivity index (χ2n) is 10.1. The summed E-state index contributed by atoms with van der Waals surface area (Å²) >= 11 is 0. The summed E-state index contributed by atoms with van der Waals surface area (Å²) in [6.07, 6.45) is 3.70. The maximum atomic E-state index is 14.1. The Labute approximate surface area is 239 Å². The molecule has 3 atom stereocenters. The molecule has 1 fully saturated rings. The van der Waals surface area contributed by atoms with Gasteiger partial charge in [0.1, 0.15) is 29.4 Å². The van der Waals surface area contributed by atoms with E-state index in [-0.39, 0.29) is 25.1 Å². The molecule has 1 saturated heterocycles. The molecule has 42 heavy (non-hydrogen) atoms. The van der Waals surface area contributed by atoms with Crippen molar-refractivity contribution in [1.82, 2.24) is 25.1 Å². The third kappa shape index (κ3) is 5.80. The normalized spacial score (nSPS) is 17.2. The molecule has 5 amide bonds. The van der Waals surface area contributed by atoms with Crippen molar-refractivity contribution < 1.29 is 28.0 Å². The molecule has 11 nitrogen and oxygen atoms in total. The molecule has 2 aromatic heterocycles. The number of likely N-dealkylation sites (tertiary alicyclic amines) is 1. The second-order valence-corrected chi connectivity index (χ2v) is 10.1. The van der Waals surface area contributed by atoms with E-state index in [9.17, 15) is 28.0 Å². The Kier molecular flexibility index (Phi) is 7.91. The molecule has 13 heteroatoms. The van der Waals surface area contributed by atoms with Crippen LogP contribution in [-0.4, -0.2) is 62.9 Å². The van der Waals surface area contributed by atoms with Crippen molar-refractivity contribution in [3.05, 3.63) is 89.9 Å². The van der Waals surface area contributed by atoms with Gasteiger partial charge >= 0.3 is 6.03 Å². The molecule has 4 aromatic rings. The minimum Gasteiger partial charge on any atom is -0.368 e. The van der Waals surface area contributed by atoms with Gasteiger partial charge in [0.15, 0.2) is 0 Å². The fourth-order valence-electron chi connectivity index (χ4n) is 5.24. The fourth-order valence-corrected chi connectivity index (χ4v) is 5.24. The number of amides is 5. The van der Waals surface area contributed by atoms with Gasteiger partial charge in [0.05, 0.1) is 11.7 Å². The number of hydrogen-bond acceptors (Lipinski definition) is 4. The molecule has 3 heterocycles. The Morgan fingerprint density at radius 2 is 1.88 bits per heavy atom. The molecule has 2 aromatic carbocycles. The number of nitrogens with one attached hydrogen (secondary N) is 4. The first-order valence-corrected chi connectivity index (χ1v) is 13.2. The maximum absolute atomic E-state index is 14.1. The number of halogens is 2. The van der Waals surface area contributed by atoms with Crippen LogP contribution in [0.1, 0.15) is 22.5 Å². The van der Waals surface area contributed by atoms with Crippen LogP contribution in [0.3, 0.4) is 0 Å². The zero-order valence-corrected chi connectivity index (χ0v) is 22.6. The highest BCUT2D eigenvalue weighted by molar-refractivity contribution is 5.99. The average molecular weight is 578 g/mol. The number of fused-ring (bicyclic) bond motifs is 1. The number of rotatable bonds is 8. The van der Waals surface area contributed by atoms with Gasteiger partial charge < -0.3 is 36.1 Å². The van der Waals surface area contributed by atoms with Gasteiger partial charge in [-0.05, 0) is 42.3 Å². The van der Waals surface area contributed by atoms with Crippen LogP contribution in [-0.2, 0) is 23.1 Å². The second kappa shape index (κ2) is 11.7. The minimum absolute atomic E-state index is 0.0893. The Hall–Kier alpha value is -5.20. The highest BCUT2D eigenvalue weighted by atomic mass is 19.1. The highest BCUT2D eigenvalue weighted by Crippen LogP contribution is 2.24. The van der Waals surface area contributed by atoms with Gasteiger partial charge in [-0.3, -0.25) is 14.4 Å². The van der Waals surface area contributed by atoms with Crippen molar-refractivity contribution in [2.45, 2.75) is 31.0 Å². The van der Waals surface area contributed by atoms with E-state index in [4.69, 9.17) is 5.73 Å². The van der Waals surface area contributed by atoms with Crippen molar-refractivity contribution in [1.29, 1.82) is 0 Å². The number of anilines is 1. The number of primary amides is 1. The molecule has 1 aliphatic rings. The number of aromatic nitrogens is 2. The molecule has 0 radical (unpaired) electrons. The lowest BCUT2D eigenvalue weighted by atomic mass is 10.0. The monoisotopic (exact) mass is 577 g/mol. The molecule has 0 aliphatic carbocycles. The smallest absolute Gasteiger partial charge is 0.319 e. The van der Waals surface area contributed by atoms with Crippen LogP contribution in [0.4, 0.5) is 19.3 Å². The van der Waals surface area contributed by atoms with Gasteiger partial charge in [0, 0.05) is 49.4 Å². The molecule has 0 bridgehead atoms. The molecule has 0 saturated carbocycles. The summed E-state index contributed by atoms with van der Waals surface area (Å²) in [5, 5.41) is 8.46. The van der Waals surface area contributed by atoms with Crippen LogP contribution < -0.4 is 21.7 Å². The number of para-hydroxylation sites is 1. The molecule has 5 rings (SSSR count). The van der Waals surface area contributed by atoms with Crippen molar-refractivity contribution in [3.8, 4) is 0 Å². The van der Waals surface area contributed by atoms with E-state index in [0.29, 0.717) is 11.8 Å². The molecule has 1 aliphatic heterocycles. The molecular weight excluding hydrogens is 548 g/mol. The SMILES string of the molecule is Cn1cccc1C(=O)N1CCC(NC(=O)Nc2ccc(F)cc2F)C1C(=O)NC(Cc1c[nH]c2ccccc12)C(N)=O. The van der Waals surface area contributed by atoms with Crippen LogP contribution in [0, 0.1) is 11.6 Å². The van der Waals surface area contributed by atoms with E-state index in [1.807, 2.05) is 24.3 Å². The zero-order valence-electron chi connectivity index (χ0n) is 22.6. The first-order valence-electron chi connectivity index (χ1n) is 13.2. The molecule has 0 spiro atoms. The first-order chi connectivity index (χ1) is 20.1. The standard InChI is InChI=1S/C29H29F2N7O4/c1-37-11-4-7-24(37)28(41)38-12-10-22(36-29(42)35-21-9-8-17(30)14-19(21)31)25(38)27(40)34-23(26(32)39)13-16-15-33-20-6-3-2-5-18(16)20/h2-9,11,14-15,22-23,25,33H,10,12-13H2,1H3,(H2,32,39)(H,34,40)(H2,35,36,42). The third-order valence-electron chi connectivity index (χ3n) is 7.34. The van der Waals surface area contributed by atoms with Crippen molar-refractivity contribution in [2.24, 2.45) is 12.8 Å². The van der Waals surface area contributed by atoms with Gasteiger partial charge in [0.2, 0.25) is 11.8 Å². The Morgan fingerprint density at radius 3 is 2.60 bits per heavy atom. The first kappa shape index (κ1) is 28.3. The molecule has 3 unspecified atom stereocenters. The van der Waals surface area contributed by atoms with Crippen LogP contribution in [0.15, 0.2) is 67.0 Å². The Bertz CT molecular complexity index is 1670. The van der Waals surface area contributed by atoms with Gasteiger partial charge in [-0.25, -0.2) is 13.6 Å². The molecule has 218 valence electrons. The lowest BCUT2D eigenvalue weighted by Gasteiger charge is -2.29. The van der Waals surface area contributed by atoms with E-state index in [0.717, 1.165) is 28.6 Å². The summed E-state index contributed by atoms with van der Waals surface area (Å²) in [5.41, 5.74) is 7.33.